The van der Waals surface area contributed by atoms with E-state index in [4.69, 9.17) is 10.3 Å². The first kappa shape index (κ1) is 10.7. The van der Waals surface area contributed by atoms with Gasteiger partial charge in [0.2, 0.25) is 5.88 Å². The molecule has 3 nitrogen and oxygen atoms in total. The van der Waals surface area contributed by atoms with Gasteiger partial charge >= 0.3 is 0 Å². The van der Waals surface area contributed by atoms with Gasteiger partial charge in [0.05, 0.1) is 0 Å². The minimum atomic E-state index is 0.364. The Kier molecular flexibility index (Phi) is 2.81. The summed E-state index contributed by atoms with van der Waals surface area (Å²) in [5, 5.41) is 4.75. The molecule has 0 bridgehead atoms. The minimum Gasteiger partial charge on any atom is -0.368 e. The number of anilines is 1. The molecule has 1 saturated carbocycles. The Hall–Kier alpha value is -1.42. The Morgan fingerprint density at radius 1 is 1.29 bits per heavy atom. The summed E-state index contributed by atoms with van der Waals surface area (Å²) in [5.41, 5.74) is 7.51. The van der Waals surface area contributed by atoms with E-state index >= 15 is 0 Å². The van der Waals surface area contributed by atoms with Gasteiger partial charge in [-0.3, -0.25) is 0 Å². The fraction of sp³-hybridized carbons (Fsp3) is 0.308. The molecule has 1 fully saturated rings. The molecule has 2 N–H and O–H groups in total. The Morgan fingerprint density at radius 2 is 2.12 bits per heavy atom. The highest BCUT2D eigenvalue weighted by molar-refractivity contribution is 8.00. The van der Waals surface area contributed by atoms with Gasteiger partial charge in [0.25, 0.3) is 0 Å². The van der Waals surface area contributed by atoms with Crippen molar-refractivity contribution < 1.29 is 4.52 Å². The number of nitrogens with two attached hydrogens (primary N) is 1. The molecule has 0 aliphatic heterocycles. The molecule has 4 heteroatoms. The highest BCUT2D eigenvalue weighted by Gasteiger charge is 2.20. The smallest absolute Gasteiger partial charge is 0.222 e. The third kappa shape index (κ3) is 2.17. The topological polar surface area (TPSA) is 52.0 Å². The number of hydrogen-bond acceptors (Lipinski definition) is 4. The fourth-order valence-electron chi connectivity index (χ4n) is 1.87. The molecule has 3 rings (SSSR count). The van der Waals surface area contributed by atoms with Crippen molar-refractivity contribution in [1.29, 1.82) is 0 Å². The molecule has 1 heterocycles. The Bertz CT molecular complexity index is 520. The van der Waals surface area contributed by atoms with E-state index in [1.807, 2.05) is 17.8 Å². The third-order valence-corrected chi connectivity index (χ3v) is 4.45. The molecule has 2 aromatic rings. The lowest BCUT2D eigenvalue weighted by atomic mass is 10.00. The third-order valence-electron chi connectivity index (χ3n) is 3.04. The summed E-state index contributed by atoms with van der Waals surface area (Å²) >= 11 is 1.94. The summed E-state index contributed by atoms with van der Waals surface area (Å²) < 4.78 is 4.94. The van der Waals surface area contributed by atoms with E-state index in [0.29, 0.717) is 5.88 Å². The number of rotatable bonds is 3. The highest BCUT2D eigenvalue weighted by atomic mass is 32.2. The van der Waals surface area contributed by atoms with E-state index in [-0.39, 0.29) is 0 Å². The van der Waals surface area contributed by atoms with Crippen LogP contribution < -0.4 is 5.73 Å². The van der Waals surface area contributed by atoms with Gasteiger partial charge < -0.3 is 10.3 Å². The lowest BCUT2D eigenvalue weighted by Crippen LogP contribution is -2.12. The number of aromatic nitrogens is 1. The SMILES string of the molecule is Nc1cc(-c2ccccc2SC2CCC2)no1. The van der Waals surface area contributed by atoms with Crippen molar-refractivity contribution >= 4 is 17.6 Å². The van der Waals surface area contributed by atoms with Gasteiger partial charge in [-0.15, -0.1) is 11.8 Å². The second-order valence-electron chi connectivity index (χ2n) is 4.28. The maximum absolute atomic E-state index is 5.57. The molecule has 0 amide bonds. The number of nitrogens with zero attached hydrogens (tertiary/aromatic N) is 1. The predicted octanol–water partition coefficient (Wildman–Crippen LogP) is 3.57. The summed E-state index contributed by atoms with van der Waals surface area (Å²) in [7, 11) is 0. The van der Waals surface area contributed by atoms with Gasteiger partial charge in [-0.25, -0.2) is 0 Å². The second-order valence-corrected chi connectivity index (χ2v) is 5.62. The van der Waals surface area contributed by atoms with E-state index in [0.717, 1.165) is 16.5 Å². The van der Waals surface area contributed by atoms with E-state index in [1.54, 1.807) is 6.07 Å². The largest absolute Gasteiger partial charge is 0.368 e. The van der Waals surface area contributed by atoms with Crippen molar-refractivity contribution in [2.75, 3.05) is 5.73 Å². The summed E-state index contributed by atoms with van der Waals surface area (Å²) in [4.78, 5) is 1.27. The Morgan fingerprint density at radius 3 is 2.76 bits per heavy atom. The van der Waals surface area contributed by atoms with Crippen LogP contribution in [0.15, 0.2) is 39.8 Å². The van der Waals surface area contributed by atoms with Crippen LogP contribution in [0.4, 0.5) is 5.88 Å². The van der Waals surface area contributed by atoms with E-state index in [9.17, 15) is 0 Å². The van der Waals surface area contributed by atoms with Crippen molar-refractivity contribution in [3.63, 3.8) is 0 Å². The van der Waals surface area contributed by atoms with Gasteiger partial charge in [0, 0.05) is 21.8 Å². The molecule has 0 atom stereocenters. The molecular formula is C13H14N2OS. The first-order valence-electron chi connectivity index (χ1n) is 5.81. The lowest BCUT2D eigenvalue weighted by Gasteiger charge is -2.25. The predicted molar refractivity (Wildman–Crippen MR) is 69.8 cm³/mol. The van der Waals surface area contributed by atoms with Crippen LogP contribution in [0.1, 0.15) is 19.3 Å². The van der Waals surface area contributed by atoms with Crippen LogP contribution in [-0.4, -0.2) is 10.4 Å². The van der Waals surface area contributed by atoms with Crippen LogP contribution in [0, 0.1) is 0 Å². The molecule has 1 aliphatic rings. The van der Waals surface area contributed by atoms with Crippen LogP contribution in [-0.2, 0) is 0 Å². The molecule has 1 aliphatic carbocycles. The first-order chi connectivity index (χ1) is 8.33. The zero-order valence-corrected chi connectivity index (χ0v) is 10.2. The number of benzene rings is 1. The van der Waals surface area contributed by atoms with Crippen molar-refractivity contribution in [3.8, 4) is 11.3 Å². The summed E-state index contributed by atoms with van der Waals surface area (Å²) in [6.45, 7) is 0. The summed E-state index contributed by atoms with van der Waals surface area (Å²) in [5.74, 6) is 0.364. The van der Waals surface area contributed by atoms with Gasteiger partial charge in [-0.05, 0) is 18.9 Å². The van der Waals surface area contributed by atoms with E-state index in [1.165, 1.54) is 24.2 Å². The van der Waals surface area contributed by atoms with Crippen molar-refractivity contribution in [1.82, 2.24) is 5.16 Å². The monoisotopic (exact) mass is 246 g/mol. The Labute approximate surface area is 104 Å². The molecule has 0 saturated heterocycles. The van der Waals surface area contributed by atoms with Crippen LogP contribution >= 0.6 is 11.8 Å². The first-order valence-corrected chi connectivity index (χ1v) is 6.69. The summed E-state index contributed by atoms with van der Waals surface area (Å²) in [6, 6.07) is 10.1. The van der Waals surface area contributed by atoms with Crippen molar-refractivity contribution in [2.45, 2.75) is 29.4 Å². The zero-order valence-electron chi connectivity index (χ0n) is 9.43. The van der Waals surface area contributed by atoms with Gasteiger partial charge in [0.15, 0.2) is 0 Å². The van der Waals surface area contributed by atoms with Crippen LogP contribution in [0.3, 0.4) is 0 Å². The quantitative estimate of drug-likeness (QED) is 0.899. The van der Waals surface area contributed by atoms with E-state index < -0.39 is 0 Å². The fourth-order valence-corrected chi connectivity index (χ4v) is 3.25. The minimum absolute atomic E-state index is 0.364. The number of hydrogen-bond donors (Lipinski definition) is 1. The van der Waals surface area contributed by atoms with Crippen LogP contribution in [0.5, 0.6) is 0 Å². The van der Waals surface area contributed by atoms with Gasteiger partial charge in [-0.2, -0.15) is 0 Å². The molecule has 0 radical (unpaired) electrons. The maximum Gasteiger partial charge on any atom is 0.222 e. The lowest BCUT2D eigenvalue weighted by molar-refractivity contribution is 0.439. The number of nitrogen functional groups attached to an aromatic ring is 1. The standard InChI is InChI=1S/C13H14N2OS/c14-13-8-11(15-16-13)10-6-1-2-7-12(10)17-9-4-3-5-9/h1-2,6-9H,3-5,14H2. The van der Waals surface area contributed by atoms with Crippen LogP contribution in [0.25, 0.3) is 11.3 Å². The molecule has 0 spiro atoms. The van der Waals surface area contributed by atoms with Crippen molar-refractivity contribution in [3.05, 3.63) is 30.3 Å². The second kappa shape index (κ2) is 4.45. The highest BCUT2D eigenvalue weighted by Crippen LogP contribution is 2.40. The average molecular weight is 246 g/mol. The van der Waals surface area contributed by atoms with Crippen LogP contribution in [0.2, 0.25) is 0 Å². The molecule has 1 aromatic heterocycles. The average Bonchev–Trinajstić information content (AvgIpc) is 2.71. The van der Waals surface area contributed by atoms with Gasteiger partial charge in [0.1, 0.15) is 5.69 Å². The zero-order chi connectivity index (χ0) is 11.7. The summed E-state index contributed by atoms with van der Waals surface area (Å²) in [6.07, 6.45) is 4.00. The molecule has 1 aromatic carbocycles. The Balaban J connectivity index is 1.92. The van der Waals surface area contributed by atoms with Gasteiger partial charge in [-0.1, -0.05) is 29.8 Å². The normalized spacial score (nSPS) is 15.8. The number of thioether (sulfide) groups is 1. The molecule has 17 heavy (non-hydrogen) atoms. The van der Waals surface area contributed by atoms with Crippen molar-refractivity contribution in [2.24, 2.45) is 0 Å². The molecule has 0 unspecified atom stereocenters. The maximum atomic E-state index is 5.57. The van der Waals surface area contributed by atoms with E-state index in [2.05, 4.69) is 23.4 Å². The molecule has 88 valence electrons. The molecular weight excluding hydrogens is 232 g/mol.